The molecule has 1 fully saturated rings. The molecule has 0 bridgehead atoms. The van der Waals surface area contributed by atoms with Crippen molar-refractivity contribution >= 4 is 23.8 Å². The van der Waals surface area contributed by atoms with E-state index in [4.69, 9.17) is 9.47 Å². The van der Waals surface area contributed by atoms with Crippen molar-refractivity contribution in [3.05, 3.63) is 35.4 Å². The molecule has 0 saturated carbocycles. The Morgan fingerprint density at radius 1 is 1.07 bits per heavy atom. The summed E-state index contributed by atoms with van der Waals surface area (Å²) in [5.74, 6) is -2.90. The first-order chi connectivity index (χ1) is 12.5. The van der Waals surface area contributed by atoms with Gasteiger partial charge in [-0.1, -0.05) is 39.8 Å². The van der Waals surface area contributed by atoms with Crippen molar-refractivity contribution in [2.45, 2.75) is 46.3 Å². The quantitative estimate of drug-likeness (QED) is 0.594. The van der Waals surface area contributed by atoms with E-state index in [-0.39, 0.29) is 17.7 Å². The molecule has 2 aliphatic rings. The number of hydrogen-bond acceptors (Lipinski definition) is 6. The number of rotatable bonds is 4. The highest BCUT2D eigenvalue weighted by Gasteiger charge is 2.59. The number of carbonyl (C=O) groups is 4. The van der Waals surface area contributed by atoms with Gasteiger partial charge in [-0.05, 0) is 25.0 Å². The number of cyclic esters (lactones) is 1. The van der Waals surface area contributed by atoms with E-state index in [9.17, 15) is 19.2 Å². The molecule has 2 heterocycles. The summed E-state index contributed by atoms with van der Waals surface area (Å²) >= 11 is 0. The van der Waals surface area contributed by atoms with E-state index >= 15 is 0 Å². The van der Waals surface area contributed by atoms with Crippen molar-refractivity contribution in [2.75, 3.05) is 6.61 Å². The number of amides is 2. The molecular formula is C20H23NO6. The summed E-state index contributed by atoms with van der Waals surface area (Å²) in [7, 11) is 0. The van der Waals surface area contributed by atoms with Gasteiger partial charge in [-0.3, -0.25) is 14.5 Å². The molecule has 2 amide bonds. The largest absolute Gasteiger partial charge is 0.462 e. The highest BCUT2D eigenvalue weighted by Crippen LogP contribution is 2.41. The fraction of sp³-hybridized carbons (Fsp3) is 0.500. The van der Waals surface area contributed by atoms with Crippen molar-refractivity contribution in [2.24, 2.45) is 11.3 Å². The smallest absolute Gasteiger partial charge is 0.351 e. The molecule has 2 aliphatic heterocycles. The van der Waals surface area contributed by atoms with E-state index in [0.29, 0.717) is 0 Å². The van der Waals surface area contributed by atoms with Gasteiger partial charge in [0.25, 0.3) is 11.8 Å². The van der Waals surface area contributed by atoms with E-state index in [0.717, 1.165) is 4.90 Å². The number of nitrogens with zero attached hydrogens (tertiary/aromatic N) is 1. The Morgan fingerprint density at radius 2 is 1.59 bits per heavy atom. The molecule has 3 rings (SSSR count). The van der Waals surface area contributed by atoms with E-state index in [1.807, 2.05) is 0 Å². The predicted octanol–water partition coefficient (Wildman–Crippen LogP) is 2.19. The second-order valence-electron chi connectivity index (χ2n) is 8.13. The zero-order chi connectivity index (χ0) is 20.1. The molecule has 0 radical (unpaired) electrons. The highest BCUT2D eigenvalue weighted by molar-refractivity contribution is 6.22. The van der Waals surface area contributed by atoms with Crippen LogP contribution in [-0.4, -0.2) is 46.9 Å². The lowest BCUT2D eigenvalue weighted by atomic mass is 9.78. The summed E-state index contributed by atoms with van der Waals surface area (Å²) in [6.07, 6.45) is 0. The van der Waals surface area contributed by atoms with Crippen molar-refractivity contribution in [3.8, 4) is 0 Å². The molecule has 7 heteroatoms. The van der Waals surface area contributed by atoms with Gasteiger partial charge in [0.05, 0.1) is 11.1 Å². The lowest BCUT2D eigenvalue weighted by molar-refractivity contribution is -0.181. The Morgan fingerprint density at radius 3 is 2.00 bits per heavy atom. The Kier molecular flexibility index (Phi) is 4.37. The van der Waals surface area contributed by atoms with Gasteiger partial charge in [-0.2, -0.15) is 0 Å². The summed E-state index contributed by atoms with van der Waals surface area (Å²) in [6, 6.07) is 5.29. The Bertz CT molecular complexity index is 808. The third kappa shape index (κ3) is 2.72. The minimum atomic E-state index is -1.49. The first-order valence-corrected chi connectivity index (χ1v) is 8.88. The lowest BCUT2D eigenvalue weighted by Gasteiger charge is -2.35. The molecule has 0 N–H and O–H groups in total. The van der Waals surface area contributed by atoms with Crippen molar-refractivity contribution < 1.29 is 28.7 Å². The number of benzene rings is 1. The number of ether oxygens (including phenoxy) is 2. The monoisotopic (exact) mass is 373 g/mol. The number of carbonyl (C=O) groups excluding carboxylic acids is 4. The maximum absolute atomic E-state index is 13.0. The Balaban J connectivity index is 1.94. The Labute approximate surface area is 157 Å². The maximum atomic E-state index is 13.0. The topological polar surface area (TPSA) is 90.0 Å². The molecule has 0 aromatic heterocycles. The van der Waals surface area contributed by atoms with E-state index in [1.54, 1.807) is 52.0 Å². The summed E-state index contributed by atoms with van der Waals surface area (Å²) in [6.45, 7) is 8.58. The van der Waals surface area contributed by atoms with E-state index in [1.165, 1.54) is 6.92 Å². The molecule has 0 unspecified atom stereocenters. The number of hydrogen-bond donors (Lipinski definition) is 0. The maximum Gasteiger partial charge on any atom is 0.351 e. The first-order valence-electron chi connectivity index (χ1n) is 8.88. The van der Waals surface area contributed by atoms with Gasteiger partial charge in [0, 0.05) is 5.41 Å². The predicted molar refractivity (Wildman–Crippen MR) is 94.8 cm³/mol. The third-order valence-corrected chi connectivity index (χ3v) is 5.53. The van der Waals surface area contributed by atoms with Gasteiger partial charge in [0.1, 0.15) is 12.6 Å². The van der Waals surface area contributed by atoms with Crippen LogP contribution >= 0.6 is 0 Å². The highest BCUT2D eigenvalue weighted by atomic mass is 16.6. The second kappa shape index (κ2) is 6.18. The summed E-state index contributed by atoms with van der Waals surface area (Å²) in [4.78, 5) is 51.7. The number of fused-ring (bicyclic) bond motifs is 1. The van der Waals surface area contributed by atoms with Gasteiger partial charge in [-0.25, -0.2) is 9.59 Å². The fourth-order valence-electron chi connectivity index (χ4n) is 3.38. The summed E-state index contributed by atoms with van der Waals surface area (Å²) in [5.41, 5.74) is -1.71. The van der Waals surface area contributed by atoms with Crippen LogP contribution in [0.1, 0.15) is 55.3 Å². The van der Waals surface area contributed by atoms with Crippen LogP contribution in [0.2, 0.25) is 0 Å². The molecular weight excluding hydrogens is 350 g/mol. The molecule has 1 aromatic carbocycles. The third-order valence-electron chi connectivity index (χ3n) is 5.53. The average Bonchev–Trinajstić information content (AvgIpc) is 2.95. The zero-order valence-electron chi connectivity index (χ0n) is 16.1. The van der Waals surface area contributed by atoms with Gasteiger partial charge < -0.3 is 9.47 Å². The molecule has 0 spiro atoms. The van der Waals surface area contributed by atoms with Crippen LogP contribution in [0.3, 0.4) is 0 Å². The van der Waals surface area contributed by atoms with Crippen LogP contribution in [0, 0.1) is 11.3 Å². The van der Waals surface area contributed by atoms with Gasteiger partial charge in [0.2, 0.25) is 5.60 Å². The minimum Gasteiger partial charge on any atom is -0.462 e. The SMILES string of the molecule is CC(C)[C@@H](C(=O)O[C@]1(C)C(=O)OCC1(C)C)N1C(=O)c2ccccc2C1=O. The lowest BCUT2D eigenvalue weighted by Crippen LogP contribution is -2.54. The summed E-state index contributed by atoms with van der Waals surface area (Å²) in [5, 5.41) is 0. The van der Waals surface area contributed by atoms with Crippen LogP contribution in [0.5, 0.6) is 0 Å². The van der Waals surface area contributed by atoms with Crippen molar-refractivity contribution in [1.29, 1.82) is 0 Å². The van der Waals surface area contributed by atoms with Crippen LogP contribution in [-0.2, 0) is 19.1 Å². The van der Waals surface area contributed by atoms with Crippen LogP contribution in [0.4, 0.5) is 0 Å². The van der Waals surface area contributed by atoms with E-state index in [2.05, 4.69) is 0 Å². The fourth-order valence-corrected chi connectivity index (χ4v) is 3.38. The number of imide groups is 1. The van der Waals surface area contributed by atoms with Gasteiger partial charge in [-0.15, -0.1) is 0 Å². The van der Waals surface area contributed by atoms with Crippen molar-refractivity contribution in [3.63, 3.8) is 0 Å². The normalized spacial score (nSPS) is 24.8. The zero-order valence-corrected chi connectivity index (χ0v) is 16.1. The molecule has 2 atom stereocenters. The van der Waals surface area contributed by atoms with Crippen LogP contribution < -0.4 is 0 Å². The molecule has 144 valence electrons. The van der Waals surface area contributed by atoms with Crippen LogP contribution in [0.15, 0.2) is 24.3 Å². The minimum absolute atomic E-state index is 0.120. The molecule has 0 aliphatic carbocycles. The molecule has 1 saturated heterocycles. The standard InChI is InChI=1S/C20H23NO6/c1-11(2)14(17(24)27-20(5)18(25)26-10-19(20,3)4)21-15(22)12-8-6-7-9-13(12)16(21)23/h6-9,11,14H,10H2,1-5H3/t14-,20+/m0/s1. The Hall–Kier alpha value is -2.70. The van der Waals surface area contributed by atoms with E-state index < -0.39 is 46.7 Å². The van der Waals surface area contributed by atoms with Gasteiger partial charge in [0.15, 0.2) is 0 Å². The molecule has 27 heavy (non-hydrogen) atoms. The molecule has 7 nitrogen and oxygen atoms in total. The second-order valence-corrected chi connectivity index (χ2v) is 8.13. The average molecular weight is 373 g/mol. The first kappa shape index (κ1) is 19.1. The van der Waals surface area contributed by atoms with Gasteiger partial charge >= 0.3 is 11.9 Å². The summed E-state index contributed by atoms with van der Waals surface area (Å²) < 4.78 is 10.7. The molecule has 1 aromatic rings. The number of esters is 2. The van der Waals surface area contributed by atoms with Crippen molar-refractivity contribution in [1.82, 2.24) is 4.90 Å². The van der Waals surface area contributed by atoms with Crippen LogP contribution in [0.25, 0.3) is 0 Å².